The van der Waals surface area contributed by atoms with E-state index in [9.17, 15) is 19.5 Å². The van der Waals surface area contributed by atoms with Crippen LogP contribution in [0.1, 0.15) is 51.8 Å². The lowest BCUT2D eigenvalue weighted by Gasteiger charge is -2.47. The molecule has 1 aliphatic rings. The summed E-state index contributed by atoms with van der Waals surface area (Å²) in [4.78, 5) is 40.4. The van der Waals surface area contributed by atoms with Gasteiger partial charge in [0.25, 0.3) is 0 Å². The van der Waals surface area contributed by atoms with E-state index in [0.29, 0.717) is 0 Å². The van der Waals surface area contributed by atoms with Gasteiger partial charge in [-0.25, -0.2) is 14.4 Å². The second-order valence-corrected chi connectivity index (χ2v) is 16.8. The minimum absolute atomic E-state index is 0.190. The largest absolute Gasteiger partial charge is 0.450 e. The number of carbonyl (C=O) groups excluding carboxylic acids is 3. The van der Waals surface area contributed by atoms with Crippen LogP contribution >= 0.6 is 0 Å². The SMILES string of the molecule is CC(C)(C)[Si](C)(C)OC1OC(OCCO)C(OC(=O)c2ccccc2)C(OC(=O)c2ccccc2)C1OC(=O)c1ccccc1. The lowest BCUT2D eigenvalue weighted by atomic mass is 10.0. The average molecular weight is 637 g/mol. The van der Waals surface area contributed by atoms with Crippen LogP contribution in [-0.2, 0) is 28.1 Å². The molecule has 0 aromatic heterocycles. The van der Waals surface area contributed by atoms with Crippen molar-refractivity contribution in [2.45, 2.75) is 69.8 Å². The van der Waals surface area contributed by atoms with Crippen molar-refractivity contribution in [2.24, 2.45) is 0 Å². The Labute approximate surface area is 264 Å². The maximum Gasteiger partial charge on any atom is 0.338 e. The summed E-state index contributed by atoms with van der Waals surface area (Å²) >= 11 is 0. The van der Waals surface area contributed by atoms with E-state index in [4.69, 9.17) is 28.1 Å². The Bertz CT molecular complexity index is 1410. The summed E-state index contributed by atoms with van der Waals surface area (Å²) in [6, 6.07) is 24.8. The van der Waals surface area contributed by atoms with Gasteiger partial charge in [-0.15, -0.1) is 0 Å². The molecule has 5 atom stereocenters. The van der Waals surface area contributed by atoms with Crippen molar-refractivity contribution >= 4 is 26.2 Å². The van der Waals surface area contributed by atoms with E-state index in [-0.39, 0.29) is 34.9 Å². The van der Waals surface area contributed by atoms with Crippen LogP contribution in [0.2, 0.25) is 18.1 Å². The minimum Gasteiger partial charge on any atom is -0.450 e. The molecule has 1 heterocycles. The van der Waals surface area contributed by atoms with Crippen molar-refractivity contribution in [3.05, 3.63) is 108 Å². The fourth-order valence-corrected chi connectivity index (χ4v) is 5.45. The predicted octanol–water partition coefficient (Wildman–Crippen LogP) is 5.38. The summed E-state index contributed by atoms with van der Waals surface area (Å²) in [5, 5.41) is 9.30. The maximum absolute atomic E-state index is 13.5. The molecule has 1 saturated heterocycles. The van der Waals surface area contributed by atoms with Gasteiger partial charge in [0.2, 0.25) is 6.29 Å². The highest BCUT2D eigenvalue weighted by Crippen LogP contribution is 2.40. The van der Waals surface area contributed by atoms with Gasteiger partial charge < -0.3 is 33.2 Å². The van der Waals surface area contributed by atoms with E-state index >= 15 is 0 Å². The summed E-state index contributed by atoms with van der Waals surface area (Å²) in [7, 11) is -2.63. The molecule has 3 aromatic carbocycles. The number of aliphatic hydroxyl groups is 1. The molecule has 0 amide bonds. The lowest BCUT2D eigenvalue weighted by molar-refractivity contribution is -0.333. The number of carbonyl (C=O) groups is 3. The zero-order chi connectivity index (χ0) is 32.6. The number of esters is 3. The van der Waals surface area contributed by atoms with Gasteiger partial charge in [-0.2, -0.15) is 0 Å². The van der Waals surface area contributed by atoms with Crippen LogP contribution in [-0.4, -0.2) is 75.4 Å². The molecule has 0 spiro atoms. The molecular formula is C34H40O10Si. The monoisotopic (exact) mass is 636 g/mol. The van der Waals surface area contributed by atoms with Gasteiger partial charge >= 0.3 is 17.9 Å². The Morgan fingerprint density at radius 1 is 0.667 bits per heavy atom. The third-order valence-corrected chi connectivity index (χ3v) is 12.2. The van der Waals surface area contributed by atoms with Crippen molar-refractivity contribution in [2.75, 3.05) is 13.2 Å². The van der Waals surface area contributed by atoms with E-state index in [1.54, 1.807) is 91.0 Å². The molecule has 1 fully saturated rings. The third-order valence-electron chi connectivity index (χ3n) is 7.80. The molecular weight excluding hydrogens is 596 g/mol. The minimum atomic E-state index is -2.63. The number of hydrogen-bond acceptors (Lipinski definition) is 10. The second-order valence-electron chi connectivity index (χ2n) is 12.1. The molecule has 0 saturated carbocycles. The first-order valence-electron chi connectivity index (χ1n) is 14.7. The Kier molecular flexibility index (Phi) is 11.3. The van der Waals surface area contributed by atoms with Crippen molar-refractivity contribution in [1.82, 2.24) is 0 Å². The highest BCUT2D eigenvalue weighted by atomic mass is 28.4. The third kappa shape index (κ3) is 8.65. The van der Waals surface area contributed by atoms with Gasteiger partial charge in [0.15, 0.2) is 32.9 Å². The van der Waals surface area contributed by atoms with E-state index in [2.05, 4.69) is 0 Å². The zero-order valence-corrected chi connectivity index (χ0v) is 27.1. The second kappa shape index (κ2) is 14.9. The van der Waals surface area contributed by atoms with Gasteiger partial charge in [0.1, 0.15) is 0 Å². The van der Waals surface area contributed by atoms with E-state index < -0.39 is 57.1 Å². The van der Waals surface area contributed by atoms with Crippen LogP contribution < -0.4 is 0 Å². The number of rotatable bonds is 11. The quantitative estimate of drug-likeness (QED) is 0.167. The molecule has 10 nitrogen and oxygen atoms in total. The summed E-state index contributed by atoms with van der Waals surface area (Å²) in [5.41, 5.74) is 0.692. The highest BCUT2D eigenvalue weighted by molar-refractivity contribution is 6.74. The van der Waals surface area contributed by atoms with E-state index in [1.165, 1.54) is 0 Å². The summed E-state index contributed by atoms with van der Waals surface area (Å²) in [5.74, 6) is -2.23. The van der Waals surface area contributed by atoms with Gasteiger partial charge in [0.05, 0.1) is 29.9 Å². The molecule has 240 valence electrons. The van der Waals surface area contributed by atoms with Crippen molar-refractivity contribution in [3.8, 4) is 0 Å². The fraction of sp³-hybridized carbons (Fsp3) is 0.382. The first kappa shape index (κ1) is 34.0. The van der Waals surface area contributed by atoms with Crippen molar-refractivity contribution in [1.29, 1.82) is 0 Å². The molecule has 45 heavy (non-hydrogen) atoms. The topological polar surface area (TPSA) is 127 Å². The Morgan fingerprint density at radius 2 is 1.04 bits per heavy atom. The van der Waals surface area contributed by atoms with E-state index in [1.807, 2.05) is 33.9 Å². The van der Waals surface area contributed by atoms with Crippen LogP contribution in [0.5, 0.6) is 0 Å². The van der Waals surface area contributed by atoms with Crippen molar-refractivity contribution in [3.63, 3.8) is 0 Å². The summed E-state index contributed by atoms with van der Waals surface area (Å²) in [6.45, 7) is 9.52. The van der Waals surface area contributed by atoms with Crippen LogP contribution in [0.25, 0.3) is 0 Å². The molecule has 1 N–H and O–H groups in total. The van der Waals surface area contributed by atoms with Crippen molar-refractivity contribution < 1.29 is 47.6 Å². The molecule has 4 rings (SSSR count). The number of ether oxygens (including phenoxy) is 5. The molecule has 3 aromatic rings. The van der Waals surface area contributed by atoms with Crippen LogP contribution in [0.3, 0.4) is 0 Å². The standard InChI is InChI=1S/C34H40O10Si/c1-34(2,3)45(4,5)44-33-28(42-31(38)25-19-13-8-14-20-25)26(40-29(36)23-15-9-6-10-16-23)27(32(43-33)39-22-21-35)41-30(37)24-17-11-7-12-18-24/h6-20,26-28,32-33,35H,21-22H2,1-5H3. The Balaban J connectivity index is 1.81. The highest BCUT2D eigenvalue weighted by Gasteiger charge is 2.56. The first-order chi connectivity index (χ1) is 21.4. The fourth-order valence-electron chi connectivity index (χ4n) is 4.33. The van der Waals surface area contributed by atoms with Crippen LogP contribution in [0.4, 0.5) is 0 Å². The normalized spacial score (nSPS) is 21.9. The lowest BCUT2D eigenvalue weighted by Crippen LogP contribution is -2.64. The molecule has 11 heteroatoms. The molecule has 0 aliphatic carbocycles. The Hall–Kier alpha value is -3.87. The smallest absolute Gasteiger partial charge is 0.338 e. The number of hydrogen-bond donors (Lipinski definition) is 1. The van der Waals surface area contributed by atoms with Gasteiger partial charge in [-0.05, 0) is 54.5 Å². The molecule has 0 radical (unpaired) electrons. The van der Waals surface area contributed by atoms with Gasteiger partial charge in [-0.1, -0.05) is 75.4 Å². The molecule has 1 aliphatic heterocycles. The molecule has 0 bridgehead atoms. The summed E-state index contributed by atoms with van der Waals surface area (Å²) < 4.78 is 36.7. The maximum atomic E-state index is 13.5. The van der Waals surface area contributed by atoms with Crippen LogP contribution in [0, 0.1) is 0 Å². The van der Waals surface area contributed by atoms with E-state index in [0.717, 1.165) is 0 Å². The van der Waals surface area contributed by atoms with Gasteiger partial charge in [-0.3, -0.25) is 0 Å². The number of aliphatic hydroxyl groups excluding tert-OH is 1. The Morgan fingerprint density at radius 3 is 1.42 bits per heavy atom. The molecule has 5 unspecified atom stereocenters. The van der Waals surface area contributed by atoms with Crippen LogP contribution in [0.15, 0.2) is 91.0 Å². The van der Waals surface area contributed by atoms with Gasteiger partial charge in [0, 0.05) is 0 Å². The first-order valence-corrected chi connectivity index (χ1v) is 17.7. The predicted molar refractivity (Wildman–Crippen MR) is 167 cm³/mol. The number of benzene rings is 3. The summed E-state index contributed by atoms with van der Waals surface area (Å²) in [6.07, 6.45) is -6.90. The zero-order valence-electron chi connectivity index (χ0n) is 26.1. The average Bonchev–Trinajstić information content (AvgIpc) is 3.03.